The number of anilines is 1. The van der Waals surface area contributed by atoms with E-state index in [2.05, 4.69) is 17.1 Å². The van der Waals surface area contributed by atoms with Crippen molar-refractivity contribution in [1.29, 1.82) is 0 Å². The van der Waals surface area contributed by atoms with Gasteiger partial charge in [0.2, 0.25) is 5.91 Å². The monoisotopic (exact) mass is 329 g/mol. The number of hydrogen-bond acceptors (Lipinski definition) is 3. The zero-order chi connectivity index (χ0) is 15.4. The summed E-state index contributed by atoms with van der Waals surface area (Å²) in [5.74, 6) is 0.492. The first-order valence-corrected chi connectivity index (χ1v) is 7.93. The van der Waals surface area contributed by atoms with E-state index in [-0.39, 0.29) is 11.9 Å². The predicted octanol–water partition coefficient (Wildman–Crippen LogP) is 2.99. The van der Waals surface area contributed by atoms with Crippen molar-refractivity contribution in [3.63, 3.8) is 0 Å². The first-order valence-electron chi connectivity index (χ1n) is 7.17. The Labute approximate surface area is 135 Å². The summed E-state index contributed by atoms with van der Waals surface area (Å²) >= 11 is 12.1. The minimum Gasteiger partial charge on any atom is -0.327 e. The highest BCUT2D eigenvalue weighted by molar-refractivity contribution is 6.39. The highest BCUT2D eigenvalue weighted by Crippen LogP contribution is 2.29. The van der Waals surface area contributed by atoms with Crippen LogP contribution in [0.3, 0.4) is 0 Å². The summed E-state index contributed by atoms with van der Waals surface area (Å²) in [7, 11) is 0. The number of hydrogen-bond donors (Lipinski definition) is 2. The van der Waals surface area contributed by atoms with Gasteiger partial charge in [0.1, 0.15) is 0 Å². The third-order valence-corrected chi connectivity index (χ3v) is 4.28. The topological polar surface area (TPSA) is 58.4 Å². The smallest absolute Gasteiger partial charge is 0.225 e. The molecule has 1 aliphatic heterocycles. The van der Waals surface area contributed by atoms with Crippen LogP contribution in [0.1, 0.15) is 19.8 Å². The fraction of sp³-hybridized carbons (Fsp3) is 0.533. The lowest BCUT2D eigenvalue weighted by atomic mass is 9.96. The zero-order valence-corrected chi connectivity index (χ0v) is 13.6. The van der Waals surface area contributed by atoms with Crippen molar-refractivity contribution in [1.82, 2.24) is 4.90 Å². The number of rotatable bonds is 4. The van der Waals surface area contributed by atoms with Crippen LogP contribution in [-0.2, 0) is 4.79 Å². The van der Waals surface area contributed by atoms with E-state index in [4.69, 9.17) is 28.9 Å². The fourth-order valence-electron chi connectivity index (χ4n) is 2.77. The number of amides is 1. The van der Waals surface area contributed by atoms with Gasteiger partial charge >= 0.3 is 0 Å². The van der Waals surface area contributed by atoms with Gasteiger partial charge in [-0.2, -0.15) is 0 Å². The van der Waals surface area contributed by atoms with Crippen LogP contribution in [0.4, 0.5) is 5.69 Å². The molecule has 1 heterocycles. The quantitative estimate of drug-likeness (QED) is 0.892. The maximum absolute atomic E-state index is 12.0. The number of nitrogens with zero attached hydrogens (tertiary/aromatic N) is 1. The van der Waals surface area contributed by atoms with E-state index in [1.165, 1.54) is 0 Å². The summed E-state index contributed by atoms with van der Waals surface area (Å²) in [6, 6.07) is 5.36. The van der Waals surface area contributed by atoms with E-state index in [1.54, 1.807) is 18.2 Å². The standard InChI is InChI=1S/C15H21Cl2N3O/c1-10-7-11(18)9-20(8-10)6-5-14(21)19-15-12(16)3-2-4-13(15)17/h2-4,10-11H,5-9,18H2,1H3,(H,19,21). The number of halogens is 2. The van der Waals surface area contributed by atoms with Crippen molar-refractivity contribution in [3.05, 3.63) is 28.2 Å². The van der Waals surface area contributed by atoms with E-state index in [0.29, 0.717) is 34.6 Å². The summed E-state index contributed by atoms with van der Waals surface area (Å²) < 4.78 is 0. The molecule has 0 radical (unpaired) electrons. The van der Waals surface area contributed by atoms with Crippen LogP contribution < -0.4 is 11.1 Å². The SMILES string of the molecule is CC1CC(N)CN(CCC(=O)Nc2c(Cl)cccc2Cl)C1. The Kier molecular flexibility index (Phi) is 5.88. The molecule has 2 atom stereocenters. The van der Waals surface area contributed by atoms with Crippen molar-refractivity contribution < 1.29 is 4.79 Å². The molecule has 116 valence electrons. The molecule has 1 saturated heterocycles. The third-order valence-electron chi connectivity index (χ3n) is 3.65. The maximum Gasteiger partial charge on any atom is 0.225 e. The number of carbonyl (C=O) groups excluding carboxylic acids is 1. The van der Waals surface area contributed by atoms with Gasteiger partial charge in [-0.3, -0.25) is 4.79 Å². The van der Waals surface area contributed by atoms with Crippen molar-refractivity contribution in [2.24, 2.45) is 11.7 Å². The maximum atomic E-state index is 12.0. The molecular formula is C15H21Cl2N3O. The van der Waals surface area contributed by atoms with E-state index >= 15 is 0 Å². The Morgan fingerprint density at radius 3 is 2.67 bits per heavy atom. The van der Waals surface area contributed by atoms with E-state index in [1.807, 2.05) is 0 Å². The lowest BCUT2D eigenvalue weighted by Crippen LogP contribution is -2.47. The van der Waals surface area contributed by atoms with Crippen molar-refractivity contribution in [3.8, 4) is 0 Å². The Hall–Kier alpha value is -0.810. The number of likely N-dealkylation sites (tertiary alicyclic amines) is 1. The van der Waals surface area contributed by atoms with Crippen LogP contribution in [0, 0.1) is 5.92 Å². The first-order chi connectivity index (χ1) is 9.95. The lowest BCUT2D eigenvalue weighted by Gasteiger charge is -2.34. The van der Waals surface area contributed by atoms with Gasteiger partial charge < -0.3 is 16.0 Å². The van der Waals surface area contributed by atoms with Crippen LogP contribution in [0.2, 0.25) is 10.0 Å². The Bertz CT molecular complexity index is 479. The minimum absolute atomic E-state index is 0.0863. The van der Waals surface area contributed by atoms with Gasteiger partial charge in [0.25, 0.3) is 0 Å². The van der Waals surface area contributed by atoms with Crippen LogP contribution in [-0.4, -0.2) is 36.5 Å². The molecule has 1 aliphatic rings. The molecule has 0 aliphatic carbocycles. The van der Waals surface area contributed by atoms with Crippen LogP contribution in [0.25, 0.3) is 0 Å². The van der Waals surface area contributed by atoms with E-state index in [9.17, 15) is 4.79 Å². The Balaban J connectivity index is 1.85. The number of benzene rings is 1. The number of para-hydroxylation sites is 1. The number of carbonyl (C=O) groups is 1. The van der Waals surface area contributed by atoms with Gasteiger partial charge in [0.15, 0.2) is 0 Å². The van der Waals surface area contributed by atoms with Gasteiger partial charge in [0, 0.05) is 32.1 Å². The summed E-state index contributed by atoms with van der Waals surface area (Å²) in [5, 5.41) is 3.68. The number of nitrogens with two attached hydrogens (primary N) is 1. The van der Waals surface area contributed by atoms with Crippen molar-refractivity contribution >= 4 is 34.8 Å². The minimum atomic E-state index is -0.0863. The van der Waals surface area contributed by atoms with Gasteiger partial charge in [-0.15, -0.1) is 0 Å². The average molecular weight is 330 g/mol. The molecule has 1 aromatic rings. The highest BCUT2D eigenvalue weighted by atomic mass is 35.5. The molecule has 0 spiro atoms. The second-order valence-corrected chi connectivity index (χ2v) is 6.57. The van der Waals surface area contributed by atoms with Crippen LogP contribution in [0.5, 0.6) is 0 Å². The molecule has 0 saturated carbocycles. The molecule has 4 nitrogen and oxygen atoms in total. The molecule has 1 fully saturated rings. The van der Waals surface area contributed by atoms with Crippen LogP contribution >= 0.6 is 23.2 Å². The molecule has 0 bridgehead atoms. The summed E-state index contributed by atoms with van der Waals surface area (Å²) in [6.07, 6.45) is 1.46. The predicted molar refractivity (Wildman–Crippen MR) is 87.9 cm³/mol. The zero-order valence-electron chi connectivity index (χ0n) is 12.1. The second kappa shape index (κ2) is 7.45. The van der Waals surface area contributed by atoms with E-state index < -0.39 is 0 Å². The largest absolute Gasteiger partial charge is 0.327 e. The molecule has 2 unspecified atom stereocenters. The fourth-order valence-corrected chi connectivity index (χ4v) is 3.27. The molecule has 1 amide bonds. The van der Waals surface area contributed by atoms with Gasteiger partial charge in [-0.05, 0) is 24.5 Å². The van der Waals surface area contributed by atoms with Crippen molar-refractivity contribution in [2.75, 3.05) is 25.0 Å². The summed E-state index contributed by atoms with van der Waals surface area (Å²) in [4.78, 5) is 14.3. The van der Waals surface area contributed by atoms with Crippen molar-refractivity contribution in [2.45, 2.75) is 25.8 Å². The normalized spacial score (nSPS) is 23.0. The first kappa shape index (κ1) is 16.6. The molecular weight excluding hydrogens is 309 g/mol. The summed E-state index contributed by atoms with van der Waals surface area (Å²) in [5.41, 5.74) is 6.49. The Morgan fingerprint density at radius 1 is 1.38 bits per heavy atom. The third kappa shape index (κ3) is 4.85. The molecule has 1 aromatic carbocycles. The molecule has 21 heavy (non-hydrogen) atoms. The summed E-state index contributed by atoms with van der Waals surface area (Å²) in [6.45, 7) is 4.74. The van der Waals surface area contributed by atoms with Crippen LogP contribution in [0.15, 0.2) is 18.2 Å². The van der Waals surface area contributed by atoms with Gasteiger partial charge in [-0.1, -0.05) is 36.2 Å². The second-order valence-electron chi connectivity index (χ2n) is 5.76. The molecule has 0 aromatic heterocycles. The molecule has 6 heteroatoms. The van der Waals surface area contributed by atoms with Gasteiger partial charge in [-0.25, -0.2) is 0 Å². The van der Waals surface area contributed by atoms with Gasteiger partial charge in [0.05, 0.1) is 15.7 Å². The highest BCUT2D eigenvalue weighted by Gasteiger charge is 2.22. The van der Waals surface area contributed by atoms with E-state index in [0.717, 1.165) is 19.5 Å². The Morgan fingerprint density at radius 2 is 2.05 bits per heavy atom. The lowest BCUT2D eigenvalue weighted by molar-refractivity contribution is -0.116. The number of piperidine rings is 1. The average Bonchev–Trinajstić information content (AvgIpc) is 2.40. The molecule has 3 N–H and O–H groups in total. The number of nitrogens with one attached hydrogen (secondary N) is 1. The molecule has 2 rings (SSSR count).